The Morgan fingerprint density at radius 1 is 1.40 bits per heavy atom. The molecule has 0 aliphatic carbocycles. The second kappa shape index (κ2) is 7.50. The second-order valence-electron chi connectivity index (χ2n) is 6.35. The average Bonchev–Trinajstić information content (AvgIpc) is 2.81. The third kappa shape index (κ3) is 4.81. The van der Waals surface area contributed by atoms with Crippen molar-refractivity contribution in [3.63, 3.8) is 0 Å². The maximum Gasteiger partial charge on any atom is 0.0944 e. The van der Waals surface area contributed by atoms with Crippen LogP contribution in [0.2, 0.25) is 0 Å². The fraction of sp³-hybridized carbons (Fsp3) is 0.800. The highest BCUT2D eigenvalue weighted by atomic mass is 32.1. The van der Waals surface area contributed by atoms with Gasteiger partial charge in [0.25, 0.3) is 0 Å². The van der Waals surface area contributed by atoms with E-state index in [0.29, 0.717) is 12.0 Å². The molecule has 0 radical (unpaired) electrons. The van der Waals surface area contributed by atoms with Gasteiger partial charge in [0.05, 0.1) is 5.01 Å². The summed E-state index contributed by atoms with van der Waals surface area (Å²) in [6.45, 7) is 9.99. The van der Waals surface area contributed by atoms with Crippen molar-refractivity contribution in [1.29, 1.82) is 0 Å². The lowest BCUT2D eigenvalue weighted by Gasteiger charge is -2.37. The number of likely N-dealkylation sites (N-methyl/N-ethyl adjacent to an activating group) is 2. The standard InChI is InChI=1S/C15H28N4S/c1-12(2)8-16-9-14-10-17-15(20-14)7-13-11-18(3)5-6-19(13)4/h10,12-13,16H,5-9,11H2,1-4H3. The van der Waals surface area contributed by atoms with Gasteiger partial charge < -0.3 is 15.1 Å². The van der Waals surface area contributed by atoms with Crippen molar-refractivity contribution in [2.45, 2.75) is 32.9 Å². The van der Waals surface area contributed by atoms with Crippen LogP contribution in [0, 0.1) is 5.92 Å². The molecule has 0 aromatic carbocycles. The fourth-order valence-electron chi connectivity index (χ4n) is 2.53. The van der Waals surface area contributed by atoms with Gasteiger partial charge in [-0.1, -0.05) is 13.8 Å². The number of thiazole rings is 1. The molecule has 1 aliphatic rings. The smallest absolute Gasteiger partial charge is 0.0944 e. The zero-order chi connectivity index (χ0) is 14.5. The molecule has 20 heavy (non-hydrogen) atoms. The Morgan fingerprint density at radius 3 is 2.95 bits per heavy atom. The molecule has 0 amide bonds. The van der Waals surface area contributed by atoms with Gasteiger partial charge in [-0.15, -0.1) is 11.3 Å². The molecular weight excluding hydrogens is 268 g/mol. The summed E-state index contributed by atoms with van der Waals surface area (Å²) in [5, 5.41) is 4.76. The number of nitrogens with one attached hydrogen (secondary N) is 1. The zero-order valence-corrected chi connectivity index (χ0v) is 14.0. The molecule has 1 saturated heterocycles. The Bertz CT molecular complexity index is 404. The summed E-state index contributed by atoms with van der Waals surface area (Å²) in [5.41, 5.74) is 0. The molecule has 1 fully saturated rings. The van der Waals surface area contributed by atoms with Gasteiger partial charge in [0.15, 0.2) is 0 Å². The van der Waals surface area contributed by atoms with Crippen LogP contribution in [0.15, 0.2) is 6.20 Å². The highest BCUT2D eigenvalue weighted by Gasteiger charge is 2.23. The summed E-state index contributed by atoms with van der Waals surface area (Å²) < 4.78 is 0. The van der Waals surface area contributed by atoms with Crippen molar-refractivity contribution in [3.8, 4) is 0 Å². The Kier molecular flexibility index (Phi) is 5.96. The quantitative estimate of drug-likeness (QED) is 0.865. The first kappa shape index (κ1) is 15.9. The van der Waals surface area contributed by atoms with E-state index in [4.69, 9.17) is 0 Å². The van der Waals surface area contributed by atoms with Crippen LogP contribution < -0.4 is 5.32 Å². The molecule has 0 bridgehead atoms. The first-order valence-electron chi connectivity index (χ1n) is 7.57. The normalized spacial score (nSPS) is 21.8. The topological polar surface area (TPSA) is 31.4 Å². The second-order valence-corrected chi connectivity index (χ2v) is 7.55. The van der Waals surface area contributed by atoms with Crippen molar-refractivity contribution in [2.75, 3.05) is 40.3 Å². The summed E-state index contributed by atoms with van der Waals surface area (Å²) in [6, 6.07) is 0.608. The molecule has 1 aromatic heterocycles. The summed E-state index contributed by atoms with van der Waals surface area (Å²) in [4.78, 5) is 10.8. The number of aromatic nitrogens is 1. The van der Waals surface area contributed by atoms with E-state index in [9.17, 15) is 0 Å². The van der Waals surface area contributed by atoms with Gasteiger partial charge >= 0.3 is 0 Å². The SMILES string of the molecule is CC(C)CNCc1cnc(CC2CN(C)CCN2C)s1. The van der Waals surface area contributed by atoms with E-state index in [-0.39, 0.29) is 0 Å². The van der Waals surface area contributed by atoms with Crippen LogP contribution in [-0.4, -0.2) is 61.1 Å². The van der Waals surface area contributed by atoms with Crippen LogP contribution in [0.1, 0.15) is 23.7 Å². The Hall–Kier alpha value is -0.490. The molecule has 1 aliphatic heterocycles. The Labute approximate surface area is 127 Å². The molecular formula is C15H28N4S. The first-order valence-corrected chi connectivity index (χ1v) is 8.39. The molecule has 114 valence electrons. The van der Waals surface area contributed by atoms with Gasteiger partial charge in [-0.05, 0) is 26.6 Å². The molecule has 5 heteroatoms. The number of rotatable bonds is 6. The lowest BCUT2D eigenvalue weighted by atomic mass is 10.1. The van der Waals surface area contributed by atoms with Crippen molar-refractivity contribution in [2.24, 2.45) is 5.92 Å². The zero-order valence-electron chi connectivity index (χ0n) is 13.2. The average molecular weight is 296 g/mol. The fourth-order valence-corrected chi connectivity index (χ4v) is 3.50. The number of hydrogen-bond donors (Lipinski definition) is 1. The monoisotopic (exact) mass is 296 g/mol. The van der Waals surface area contributed by atoms with Crippen LogP contribution >= 0.6 is 11.3 Å². The van der Waals surface area contributed by atoms with E-state index in [1.807, 2.05) is 17.5 Å². The minimum absolute atomic E-state index is 0.608. The van der Waals surface area contributed by atoms with E-state index >= 15 is 0 Å². The molecule has 1 aromatic rings. The number of piperazine rings is 1. The molecule has 0 saturated carbocycles. The Morgan fingerprint density at radius 2 is 2.20 bits per heavy atom. The summed E-state index contributed by atoms with van der Waals surface area (Å²) in [6.07, 6.45) is 3.12. The molecule has 1 N–H and O–H groups in total. The predicted molar refractivity (Wildman–Crippen MR) is 86.3 cm³/mol. The molecule has 0 spiro atoms. The van der Waals surface area contributed by atoms with Gasteiger partial charge in [-0.3, -0.25) is 0 Å². The summed E-state index contributed by atoms with van der Waals surface area (Å²) in [5.74, 6) is 0.703. The molecule has 2 rings (SSSR count). The predicted octanol–water partition coefficient (Wildman–Crippen LogP) is 1.68. The highest BCUT2D eigenvalue weighted by molar-refractivity contribution is 7.11. The van der Waals surface area contributed by atoms with Crippen molar-refractivity contribution in [3.05, 3.63) is 16.1 Å². The van der Waals surface area contributed by atoms with Crippen LogP contribution in [-0.2, 0) is 13.0 Å². The molecule has 1 unspecified atom stereocenters. The number of nitrogens with zero attached hydrogens (tertiary/aromatic N) is 3. The van der Waals surface area contributed by atoms with Crippen LogP contribution in [0.5, 0.6) is 0 Å². The lowest BCUT2D eigenvalue weighted by molar-refractivity contribution is 0.114. The third-order valence-corrected chi connectivity index (χ3v) is 4.86. The number of hydrogen-bond acceptors (Lipinski definition) is 5. The summed E-state index contributed by atoms with van der Waals surface area (Å²) >= 11 is 1.86. The van der Waals surface area contributed by atoms with Gasteiger partial charge in [0, 0.05) is 49.7 Å². The third-order valence-electron chi connectivity index (χ3n) is 3.84. The highest BCUT2D eigenvalue weighted by Crippen LogP contribution is 2.18. The largest absolute Gasteiger partial charge is 0.312 e. The Balaban J connectivity index is 1.82. The summed E-state index contributed by atoms with van der Waals surface area (Å²) in [7, 11) is 4.44. The van der Waals surface area contributed by atoms with Crippen molar-refractivity contribution >= 4 is 11.3 Å². The first-order chi connectivity index (χ1) is 9.54. The van der Waals surface area contributed by atoms with Crippen molar-refractivity contribution in [1.82, 2.24) is 20.1 Å². The minimum atomic E-state index is 0.608. The molecule has 4 nitrogen and oxygen atoms in total. The maximum atomic E-state index is 4.60. The van der Waals surface area contributed by atoms with E-state index < -0.39 is 0 Å². The molecule has 2 heterocycles. The van der Waals surface area contributed by atoms with Gasteiger partial charge in [0.2, 0.25) is 0 Å². The van der Waals surface area contributed by atoms with Crippen LogP contribution in [0.4, 0.5) is 0 Å². The van der Waals surface area contributed by atoms with Crippen molar-refractivity contribution < 1.29 is 0 Å². The van der Waals surface area contributed by atoms with Crippen LogP contribution in [0.25, 0.3) is 0 Å². The minimum Gasteiger partial charge on any atom is -0.312 e. The lowest BCUT2D eigenvalue weighted by Crippen LogP contribution is -2.50. The van der Waals surface area contributed by atoms with Gasteiger partial charge in [-0.2, -0.15) is 0 Å². The van der Waals surface area contributed by atoms with E-state index in [2.05, 4.69) is 48.0 Å². The van der Waals surface area contributed by atoms with Gasteiger partial charge in [0.1, 0.15) is 0 Å². The van der Waals surface area contributed by atoms with E-state index in [0.717, 1.165) is 32.6 Å². The van der Waals surface area contributed by atoms with Gasteiger partial charge in [-0.25, -0.2) is 4.98 Å². The maximum absolute atomic E-state index is 4.60. The van der Waals surface area contributed by atoms with E-state index in [1.165, 1.54) is 16.4 Å². The molecule has 1 atom stereocenters. The van der Waals surface area contributed by atoms with E-state index in [1.54, 1.807) is 0 Å². The van der Waals surface area contributed by atoms with Crippen LogP contribution in [0.3, 0.4) is 0 Å².